The van der Waals surface area contributed by atoms with Crippen LogP contribution in [0.15, 0.2) is 72.8 Å². The van der Waals surface area contributed by atoms with Crippen molar-refractivity contribution in [3.63, 3.8) is 0 Å². The number of para-hydroxylation sites is 1. The Balaban J connectivity index is 1.45. The standard InChI is InChI=1S/C31H27NO4/c1-3-20-8-12-22(13-9-20)28(33)19-36-31(34)29-25-6-4-5-7-27(25)32-30-23(14-17-26(29)30)18-21-10-15-24(35-2)16-11-21/h4-13,15-16,18H,3,14,17,19H2,1-2H3/b23-18+. The zero-order valence-corrected chi connectivity index (χ0v) is 20.4. The molecule has 0 bridgehead atoms. The van der Waals surface area contributed by atoms with E-state index in [0.717, 1.165) is 57.5 Å². The Hall–Kier alpha value is -4.25. The molecule has 1 aliphatic carbocycles. The lowest BCUT2D eigenvalue weighted by atomic mass is 10.0. The highest BCUT2D eigenvalue weighted by Gasteiger charge is 2.28. The second kappa shape index (κ2) is 10.2. The zero-order valence-electron chi connectivity index (χ0n) is 20.4. The van der Waals surface area contributed by atoms with Crippen LogP contribution in [-0.2, 0) is 17.6 Å². The molecule has 0 spiro atoms. The number of aromatic nitrogens is 1. The topological polar surface area (TPSA) is 65.5 Å². The van der Waals surface area contributed by atoms with Gasteiger partial charge in [-0.15, -0.1) is 0 Å². The number of Topliss-reactive ketones (excluding diaryl/α,β-unsaturated/α-hetero) is 1. The maximum absolute atomic E-state index is 13.4. The van der Waals surface area contributed by atoms with Crippen molar-refractivity contribution in [1.29, 1.82) is 0 Å². The fourth-order valence-electron chi connectivity index (χ4n) is 4.63. The maximum atomic E-state index is 13.4. The first kappa shape index (κ1) is 23.5. The smallest absolute Gasteiger partial charge is 0.339 e. The van der Waals surface area contributed by atoms with Crippen LogP contribution in [0.2, 0.25) is 0 Å². The molecule has 3 aromatic carbocycles. The first-order valence-corrected chi connectivity index (χ1v) is 12.1. The van der Waals surface area contributed by atoms with Crippen molar-refractivity contribution in [1.82, 2.24) is 4.98 Å². The van der Waals surface area contributed by atoms with Crippen LogP contribution >= 0.6 is 0 Å². The summed E-state index contributed by atoms with van der Waals surface area (Å²) in [7, 11) is 1.64. The number of fused-ring (bicyclic) bond motifs is 2. The molecule has 1 aliphatic rings. The summed E-state index contributed by atoms with van der Waals surface area (Å²) in [6.07, 6.45) is 4.46. The number of hydrogen-bond donors (Lipinski definition) is 0. The number of esters is 1. The van der Waals surface area contributed by atoms with Gasteiger partial charge in [0.25, 0.3) is 0 Å². The highest BCUT2D eigenvalue weighted by molar-refractivity contribution is 6.08. The van der Waals surface area contributed by atoms with E-state index in [-0.39, 0.29) is 12.4 Å². The number of hydrogen-bond acceptors (Lipinski definition) is 5. The van der Waals surface area contributed by atoms with E-state index in [4.69, 9.17) is 14.5 Å². The van der Waals surface area contributed by atoms with Crippen molar-refractivity contribution < 1.29 is 19.1 Å². The summed E-state index contributed by atoms with van der Waals surface area (Å²) in [5.74, 6) is 0.0872. The van der Waals surface area contributed by atoms with Crippen molar-refractivity contribution >= 4 is 34.3 Å². The zero-order chi connectivity index (χ0) is 25.1. The van der Waals surface area contributed by atoms with E-state index in [1.807, 2.05) is 60.7 Å². The lowest BCUT2D eigenvalue weighted by Gasteiger charge is -2.12. The molecule has 0 aliphatic heterocycles. The fourth-order valence-corrected chi connectivity index (χ4v) is 4.63. The molecule has 0 amide bonds. The minimum Gasteiger partial charge on any atom is -0.497 e. The van der Waals surface area contributed by atoms with E-state index in [0.29, 0.717) is 17.5 Å². The van der Waals surface area contributed by atoms with Gasteiger partial charge in [-0.25, -0.2) is 9.78 Å². The van der Waals surface area contributed by atoms with Gasteiger partial charge in [-0.1, -0.05) is 61.5 Å². The molecule has 0 N–H and O–H groups in total. The summed E-state index contributed by atoms with van der Waals surface area (Å²) in [6.45, 7) is 1.76. The summed E-state index contributed by atoms with van der Waals surface area (Å²) in [6, 6.07) is 22.8. The van der Waals surface area contributed by atoms with Crippen molar-refractivity contribution in [3.8, 4) is 5.75 Å². The van der Waals surface area contributed by atoms with Crippen LogP contribution in [0.5, 0.6) is 5.75 Å². The van der Waals surface area contributed by atoms with E-state index < -0.39 is 5.97 Å². The second-order valence-electron chi connectivity index (χ2n) is 8.82. The molecule has 0 radical (unpaired) electrons. The van der Waals surface area contributed by atoms with Crippen LogP contribution in [0.1, 0.15) is 56.4 Å². The number of carbonyl (C=O) groups excluding carboxylic acids is 2. The van der Waals surface area contributed by atoms with Gasteiger partial charge in [0.15, 0.2) is 12.4 Å². The first-order chi connectivity index (χ1) is 17.6. The average Bonchev–Trinajstić information content (AvgIpc) is 3.32. The number of rotatable bonds is 7. The molecule has 0 saturated carbocycles. The van der Waals surface area contributed by atoms with Crippen molar-refractivity contribution in [2.75, 3.05) is 13.7 Å². The van der Waals surface area contributed by atoms with Gasteiger partial charge in [-0.3, -0.25) is 4.79 Å². The van der Waals surface area contributed by atoms with Crippen LogP contribution < -0.4 is 4.74 Å². The fraction of sp³-hybridized carbons (Fsp3) is 0.194. The summed E-state index contributed by atoms with van der Waals surface area (Å²) < 4.78 is 10.8. The van der Waals surface area contributed by atoms with Gasteiger partial charge >= 0.3 is 5.97 Å². The quantitative estimate of drug-likeness (QED) is 0.230. The highest BCUT2D eigenvalue weighted by Crippen LogP contribution is 2.38. The van der Waals surface area contributed by atoms with Crippen LogP contribution in [0.25, 0.3) is 22.6 Å². The van der Waals surface area contributed by atoms with Gasteiger partial charge in [0, 0.05) is 10.9 Å². The number of ketones is 1. The molecular formula is C31H27NO4. The molecule has 0 unspecified atom stereocenters. The molecule has 0 atom stereocenters. The van der Waals surface area contributed by atoms with Crippen molar-refractivity contribution in [2.24, 2.45) is 0 Å². The third-order valence-corrected chi connectivity index (χ3v) is 6.62. The van der Waals surface area contributed by atoms with Gasteiger partial charge in [-0.2, -0.15) is 0 Å². The summed E-state index contributed by atoms with van der Waals surface area (Å²) in [4.78, 5) is 30.9. The number of benzene rings is 3. The monoisotopic (exact) mass is 477 g/mol. The van der Waals surface area contributed by atoms with Gasteiger partial charge in [0.1, 0.15) is 5.75 Å². The molecule has 5 heteroatoms. The number of nitrogens with zero attached hydrogens (tertiary/aromatic N) is 1. The third-order valence-electron chi connectivity index (χ3n) is 6.62. The van der Waals surface area contributed by atoms with Gasteiger partial charge < -0.3 is 9.47 Å². The van der Waals surface area contributed by atoms with Gasteiger partial charge in [-0.05, 0) is 65.8 Å². The van der Waals surface area contributed by atoms with Crippen LogP contribution in [-0.4, -0.2) is 30.5 Å². The Morgan fingerprint density at radius 3 is 2.42 bits per heavy atom. The molecule has 0 fully saturated rings. The van der Waals surface area contributed by atoms with Gasteiger partial charge in [0.2, 0.25) is 0 Å². The molecule has 4 aromatic rings. The van der Waals surface area contributed by atoms with Gasteiger partial charge in [0.05, 0.1) is 23.9 Å². The normalized spacial score (nSPS) is 13.6. The largest absolute Gasteiger partial charge is 0.497 e. The number of methoxy groups -OCH3 is 1. The van der Waals surface area contributed by atoms with E-state index in [1.165, 1.54) is 0 Å². The molecule has 180 valence electrons. The van der Waals surface area contributed by atoms with E-state index in [9.17, 15) is 9.59 Å². The Morgan fingerprint density at radius 1 is 0.944 bits per heavy atom. The molecule has 0 saturated heterocycles. The SMILES string of the molecule is CCc1ccc(C(=O)COC(=O)c2c3c(nc4ccccc24)/C(=C/c2ccc(OC)cc2)CC3)cc1. The Kier molecular flexibility index (Phi) is 6.63. The van der Waals surface area contributed by atoms with Crippen molar-refractivity contribution in [2.45, 2.75) is 26.2 Å². The minimum absolute atomic E-state index is 0.221. The highest BCUT2D eigenvalue weighted by atomic mass is 16.5. The summed E-state index contributed by atoms with van der Waals surface area (Å²) >= 11 is 0. The molecule has 5 nitrogen and oxygen atoms in total. The number of ether oxygens (including phenoxy) is 2. The van der Waals surface area contributed by atoms with Crippen LogP contribution in [0.4, 0.5) is 0 Å². The Bertz CT molecular complexity index is 1470. The maximum Gasteiger partial charge on any atom is 0.339 e. The average molecular weight is 478 g/mol. The predicted octanol–water partition coefficient (Wildman–Crippen LogP) is 6.33. The van der Waals surface area contributed by atoms with E-state index >= 15 is 0 Å². The summed E-state index contributed by atoms with van der Waals surface area (Å²) in [5, 5.41) is 0.742. The lowest BCUT2D eigenvalue weighted by Crippen LogP contribution is -2.16. The van der Waals surface area contributed by atoms with Crippen LogP contribution in [0, 0.1) is 0 Å². The molecule has 1 aromatic heterocycles. The second-order valence-corrected chi connectivity index (χ2v) is 8.82. The summed E-state index contributed by atoms with van der Waals surface area (Å²) in [5.41, 5.74) is 6.72. The molecule has 36 heavy (non-hydrogen) atoms. The molecular weight excluding hydrogens is 450 g/mol. The number of pyridine rings is 1. The Morgan fingerprint density at radius 2 is 1.69 bits per heavy atom. The number of aryl methyl sites for hydroxylation is 1. The van der Waals surface area contributed by atoms with E-state index in [1.54, 1.807) is 19.2 Å². The number of allylic oxidation sites excluding steroid dienone is 1. The first-order valence-electron chi connectivity index (χ1n) is 12.1. The molecule has 1 heterocycles. The minimum atomic E-state index is -0.492. The van der Waals surface area contributed by atoms with E-state index in [2.05, 4.69) is 13.0 Å². The lowest BCUT2D eigenvalue weighted by molar-refractivity contribution is 0.0475. The van der Waals surface area contributed by atoms with Crippen LogP contribution in [0.3, 0.4) is 0 Å². The third kappa shape index (κ3) is 4.65. The molecule has 5 rings (SSSR count). The number of carbonyl (C=O) groups is 2. The van der Waals surface area contributed by atoms with Crippen molar-refractivity contribution in [3.05, 3.63) is 106 Å². The Labute approximate surface area is 210 Å². The predicted molar refractivity (Wildman–Crippen MR) is 141 cm³/mol.